The Labute approximate surface area is 94.7 Å². The molecule has 3 heteroatoms. The first-order chi connectivity index (χ1) is 7.55. The molecule has 1 fully saturated rings. The van der Waals surface area contributed by atoms with E-state index >= 15 is 0 Å². The van der Waals surface area contributed by atoms with Crippen LogP contribution in [-0.2, 0) is 5.54 Å². The van der Waals surface area contributed by atoms with Crippen molar-refractivity contribution in [3.63, 3.8) is 0 Å². The topological polar surface area (TPSA) is 26.0 Å². The average Bonchev–Trinajstić information content (AvgIpc) is 2.66. The standard InChI is InChI=1S/C13H17F2N/c1-2-9-5-6-13(16,8-9)10-3-4-11(14)12(15)7-10/h3-4,7,9H,2,5-6,8,16H2,1H3. The van der Waals surface area contributed by atoms with Crippen LogP contribution in [0.1, 0.15) is 38.2 Å². The summed E-state index contributed by atoms with van der Waals surface area (Å²) < 4.78 is 26.0. The molecule has 1 nitrogen and oxygen atoms in total. The van der Waals surface area contributed by atoms with Gasteiger partial charge in [-0.3, -0.25) is 0 Å². The molecule has 0 bridgehead atoms. The van der Waals surface area contributed by atoms with Crippen molar-refractivity contribution in [3.8, 4) is 0 Å². The van der Waals surface area contributed by atoms with Gasteiger partial charge in [-0.2, -0.15) is 0 Å². The van der Waals surface area contributed by atoms with E-state index in [1.165, 1.54) is 12.1 Å². The van der Waals surface area contributed by atoms with Gasteiger partial charge in [0.15, 0.2) is 11.6 Å². The van der Waals surface area contributed by atoms with Crippen LogP contribution in [0, 0.1) is 17.6 Å². The van der Waals surface area contributed by atoms with Gasteiger partial charge in [0.05, 0.1) is 0 Å². The van der Waals surface area contributed by atoms with Crippen LogP contribution in [0.25, 0.3) is 0 Å². The van der Waals surface area contributed by atoms with Gasteiger partial charge in [0.25, 0.3) is 0 Å². The van der Waals surface area contributed by atoms with Gasteiger partial charge in [-0.05, 0) is 42.9 Å². The Morgan fingerprint density at radius 1 is 1.38 bits per heavy atom. The number of rotatable bonds is 2. The quantitative estimate of drug-likeness (QED) is 0.820. The third-order valence-corrected chi connectivity index (χ3v) is 3.72. The first-order valence-corrected chi connectivity index (χ1v) is 5.79. The Morgan fingerprint density at radius 3 is 2.69 bits per heavy atom. The van der Waals surface area contributed by atoms with Crippen LogP contribution in [0.2, 0.25) is 0 Å². The van der Waals surface area contributed by atoms with Gasteiger partial charge in [-0.25, -0.2) is 8.78 Å². The molecule has 1 aromatic carbocycles. The molecule has 2 unspecified atom stereocenters. The molecule has 16 heavy (non-hydrogen) atoms. The molecular weight excluding hydrogens is 208 g/mol. The lowest BCUT2D eigenvalue weighted by Gasteiger charge is -2.25. The largest absolute Gasteiger partial charge is 0.321 e. The Balaban J connectivity index is 2.27. The minimum absolute atomic E-state index is 0.463. The molecule has 2 rings (SSSR count). The van der Waals surface area contributed by atoms with Crippen LogP contribution in [0.3, 0.4) is 0 Å². The summed E-state index contributed by atoms with van der Waals surface area (Å²) in [6.45, 7) is 2.14. The fraction of sp³-hybridized carbons (Fsp3) is 0.538. The van der Waals surface area contributed by atoms with Crippen molar-refractivity contribution >= 4 is 0 Å². The molecule has 0 aromatic heterocycles. The summed E-state index contributed by atoms with van der Waals surface area (Å²) in [5.41, 5.74) is 6.54. The van der Waals surface area contributed by atoms with Crippen LogP contribution in [-0.4, -0.2) is 0 Å². The van der Waals surface area contributed by atoms with Crippen molar-refractivity contribution in [1.29, 1.82) is 0 Å². The van der Waals surface area contributed by atoms with E-state index in [0.29, 0.717) is 5.92 Å². The second kappa shape index (κ2) is 4.13. The molecule has 0 amide bonds. The Kier molecular flexibility index (Phi) is 2.98. The highest BCUT2D eigenvalue weighted by atomic mass is 19.2. The number of hydrogen-bond acceptors (Lipinski definition) is 1. The van der Waals surface area contributed by atoms with Crippen molar-refractivity contribution in [1.82, 2.24) is 0 Å². The highest BCUT2D eigenvalue weighted by Gasteiger charge is 2.36. The number of halogens is 2. The second-order valence-corrected chi connectivity index (χ2v) is 4.80. The van der Waals surface area contributed by atoms with Gasteiger partial charge in [0.2, 0.25) is 0 Å². The van der Waals surface area contributed by atoms with E-state index in [1.807, 2.05) is 0 Å². The summed E-state index contributed by atoms with van der Waals surface area (Å²) in [6.07, 6.45) is 3.90. The summed E-state index contributed by atoms with van der Waals surface area (Å²) in [7, 11) is 0. The minimum Gasteiger partial charge on any atom is -0.321 e. The van der Waals surface area contributed by atoms with Crippen molar-refractivity contribution in [3.05, 3.63) is 35.4 Å². The average molecular weight is 225 g/mol. The zero-order chi connectivity index (χ0) is 11.8. The van der Waals surface area contributed by atoms with E-state index in [4.69, 9.17) is 5.73 Å². The molecule has 1 saturated carbocycles. The zero-order valence-electron chi connectivity index (χ0n) is 9.47. The SMILES string of the molecule is CCC1CCC(N)(c2ccc(F)c(F)c2)C1. The molecule has 0 spiro atoms. The third kappa shape index (κ3) is 1.96. The number of hydrogen-bond donors (Lipinski definition) is 1. The van der Waals surface area contributed by atoms with Crippen molar-refractivity contribution < 1.29 is 8.78 Å². The summed E-state index contributed by atoms with van der Waals surface area (Å²) in [5, 5.41) is 0. The molecule has 0 saturated heterocycles. The van der Waals surface area contributed by atoms with Gasteiger partial charge in [-0.15, -0.1) is 0 Å². The van der Waals surface area contributed by atoms with Gasteiger partial charge >= 0.3 is 0 Å². The maximum Gasteiger partial charge on any atom is 0.159 e. The predicted molar refractivity (Wildman–Crippen MR) is 59.9 cm³/mol. The molecule has 0 radical (unpaired) electrons. The van der Waals surface area contributed by atoms with Gasteiger partial charge in [-0.1, -0.05) is 19.4 Å². The summed E-state index contributed by atoms with van der Waals surface area (Å²) in [6, 6.07) is 4.02. The van der Waals surface area contributed by atoms with E-state index in [9.17, 15) is 8.78 Å². The van der Waals surface area contributed by atoms with Gasteiger partial charge in [0, 0.05) is 5.54 Å². The lowest BCUT2D eigenvalue weighted by Crippen LogP contribution is -2.33. The maximum atomic E-state index is 13.2. The molecule has 1 aromatic rings. The Morgan fingerprint density at radius 2 is 2.12 bits per heavy atom. The monoisotopic (exact) mass is 225 g/mol. The van der Waals surface area contributed by atoms with Crippen LogP contribution >= 0.6 is 0 Å². The van der Waals surface area contributed by atoms with Crippen LogP contribution in [0.4, 0.5) is 8.78 Å². The molecule has 0 heterocycles. The van der Waals surface area contributed by atoms with E-state index in [1.54, 1.807) is 6.07 Å². The van der Waals surface area contributed by atoms with Crippen molar-refractivity contribution in [2.24, 2.45) is 11.7 Å². The van der Waals surface area contributed by atoms with Crippen molar-refractivity contribution in [2.75, 3.05) is 0 Å². The first kappa shape index (κ1) is 11.5. The highest BCUT2D eigenvalue weighted by Crippen LogP contribution is 2.41. The molecule has 0 aliphatic heterocycles. The zero-order valence-corrected chi connectivity index (χ0v) is 9.47. The Bertz CT molecular complexity index is 392. The predicted octanol–water partition coefficient (Wildman–Crippen LogP) is 3.33. The second-order valence-electron chi connectivity index (χ2n) is 4.80. The Hall–Kier alpha value is -0.960. The van der Waals surface area contributed by atoms with E-state index in [2.05, 4.69) is 6.92 Å². The molecule has 2 N–H and O–H groups in total. The lowest BCUT2D eigenvalue weighted by atomic mass is 9.88. The molecule has 2 atom stereocenters. The fourth-order valence-corrected chi connectivity index (χ4v) is 2.60. The maximum absolute atomic E-state index is 13.2. The summed E-state index contributed by atoms with van der Waals surface area (Å²) in [4.78, 5) is 0. The first-order valence-electron chi connectivity index (χ1n) is 5.79. The number of benzene rings is 1. The molecular formula is C13H17F2N. The molecule has 1 aliphatic rings. The third-order valence-electron chi connectivity index (χ3n) is 3.72. The molecule has 88 valence electrons. The van der Waals surface area contributed by atoms with E-state index in [-0.39, 0.29) is 0 Å². The number of nitrogens with two attached hydrogens (primary N) is 1. The molecule has 1 aliphatic carbocycles. The van der Waals surface area contributed by atoms with Crippen molar-refractivity contribution in [2.45, 2.75) is 38.1 Å². The van der Waals surface area contributed by atoms with Gasteiger partial charge < -0.3 is 5.73 Å². The van der Waals surface area contributed by atoms with E-state index in [0.717, 1.165) is 31.2 Å². The smallest absolute Gasteiger partial charge is 0.159 e. The fourth-order valence-electron chi connectivity index (χ4n) is 2.60. The summed E-state index contributed by atoms with van der Waals surface area (Å²) >= 11 is 0. The summed E-state index contributed by atoms with van der Waals surface area (Å²) in [5.74, 6) is -1.00. The van der Waals surface area contributed by atoms with E-state index < -0.39 is 17.2 Å². The lowest BCUT2D eigenvalue weighted by molar-refractivity contribution is 0.418. The van der Waals surface area contributed by atoms with Crippen LogP contribution < -0.4 is 5.73 Å². The van der Waals surface area contributed by atoms with Crippen LogP contribution in [0.5, 0.6) is 0 Å². The minimum atomic E-state index is -0.808. The normalized spacial score (nSPS) is 29.6. The van der Waals surface area contributed by atoms with Crippen LogP contribution in [0.15, 0.2) is 18.2 Å². The van der Waals surface area contributed by atoms with Gasteiger partial charge in [0.1, 0.15) is 0 Å². The highest BCUT2D eigenvalue weighted by molar-refractivity contribution is 5.27.